The van der Waals surface area contributed by atoms with Crippen LogP contribution >= 0.6 is 0 Å². The molecule has 0 radical (unpaired) electrons. The van der Waals surface area contributed by atoms with Crippen LogP contribution in [-0.2, 0) is 11.3 Å². The van der Waals surface area contributed by atoms with Crippen LogP contribution in [0.5, 0.6) is 0 Å². The van der Waals surface area contributed by atoms with Gasteiger partial charge in [0.1, 0.15) is 0 Å². The Hall–Kier alpha value is -2.51. The molecule has 1 amide bonds. The summed E-state index contributed by atoms with van der Waals surface area (Å²) in [5, 5.41) is 22.8. The van der Waals surface area contributed by atoms with Crippen LogP contribution in [0.1, 0.15) is 5.56 Å². The van der Waals surface area contributed by atoms with Crippen LogP contribution in [0.3, 0.4) is 0 Å². The summed E-state index contributed by atoms with van der Waals surface area (Å²) in [6, 6.07) is 5.68. The minimum absolute atomic E-state index is 0.0222. The van der Waals surface area contributed by atoms with E-state index in [1.165, 1.54) is 18.2 Å². The van der Waals surface area contributed by atoms with Gasteiger partial charge < -0.3 is 5.32 Å². The molecule has 0 aliphatic heterocycles. The van der Waals surface area contributed by atoms with E-state index in [0.29, 0.717) is 5.56 Å². The molecule has 0 aliphatic carbocycles. The standard InChI is InChI=1S/C9H9N3O5/c13-9(6-11(14)15)10-5-7-2-1-3-8(4-7)12(16)17/h1-4H,5-6H2,(H,10,13). The normalized spacial score (nSPS) is 9.65. The molecule has 8 nitrogen and oxygen atoms in total. The maximum atomic E-state index is 11.0. The first-order valence-corrected chi connectivity index (χ1v) is 4.61. The van der Waals surface area contributed by atoms with Crippen molar-refractivity contribution in [1.29, 1.82) is 0 Å². The molecule has 1 aromatic rings. The van der Waals surface area contributed by atoms with Gasteiger partial charge in [0.2, 0.25) is 0 Å². The first kappa shape index (κ1) is 12.6. The topological polar surface area (TPSA) is 115 Å². The number of nitro benzene ring substituents is 1. The van der Waals surface area contributed by atoms with Crippen molar-refractivity contribution in [2.75, 3.05) is 6.54 Å². The molecule has 0 bridgehead atoms. The lowest BCUT2D eigenvalue weighted by molar-refractivity contribution is -0.467. The van der Waals surface area contributed by atoms with E-state index < -0.39 is 22.3 Å². The van der Waals surface area contributed by atoms with E-state index >= 15 is 0 Å². The molecule has 1 rings (SSSR count). The second kappa shape index (κ2) is 5.54. The molecule has 0 heterocycles. The molecule has 0 saturated carbocycles. The maximum absolute atomic E-state index is 11.0. The summed E-state index contributed by atoms with van der Waals surface area (Å²) in [5.41, 5.74) is 0.418. The van der Waals surface area contributed by atoms with Crippen molar-refractivity contribution in [3.05, 3.63) is 50.1 Å². The number of nitrogens with one attached hydrogen (secondary N) is 1. The lowest BCUT2D eigenvalue weighted by Crippen LogP contribution is -2.29. The average Bonchev–Trinajstić information content (AvgIpc) is 2.26. The van der Waals surface area contributed by atoms with Gasteiger partial charge >= 0.3 is 0 Å². The zero-order valence-electron chi connectivity index (χ0n) is 8.66. The highest BCUT2D eigenvalue weighted by molar-refractivity contribution is 5.76. The predicted molar refractivity (Wildman–Crippen MR) is 56.8 cm³/mol. The Morgan fingerprint density at radius 2 is 2.00 bits per heavy atom. The van der Waals surface area contributed by atoms with Crippen LogP contribution in [0.25, 0.3) is 0 Å². The number of hydrogen-bond acceptors (Lipinski definition) is 5. The number of carbonyl (C=O) groups is 1. The molecule has 1 N–H and O–H groups in total. The minimum Gasteiger partial charge on any atom is -0.346 e. The van der Waals surface area contributed by atoms with Gasteiger partial charge in [-0.1, -0.05) is 12.1 Å². The molecular formula is C9H9N3O5. The van der Waals surface area contributed by atoms with Crippen LogP contribution in [0, 0.1) is 20.2 Å². The second-order valence-corrected chi connectivity index (χ2v) is 3.19. The van der Waals surface area contributed by atoms with E-state index in [2.05, 4.69) is 5.32 Å². The molecule has 1 aromatic carbocycles. The van der Waals surface area contributed by atoms with Gasteiger partial charge in [0, 0.05) is 23.6 Å². The lowest BCUT2D eigenvalue weighted by Gasteiger charge is -2.02. The van der Waals surface area contributed by atoms with E-state index in [-0.39, 0.29) is 12.2 Å². The summed E-state index contributed by atoms with van der Waals surface area (Å²) in [7, 11) is 0. The van der Waals surface area contributed by atoms with Crippen LogP contribution in [-0.4, -0.2) is 22.3 Å². The van der Waals surface area contributed by atoms with E-state index in [1.807, 2.05) is 0 Å². The van der Waals surface area contributed by atoms with Gasteiger partial charge in [0.15, 0.2) is 0 Å². The molecule has 0 atom stereocenters. The van der Waals surface area contributed by atoms with E-state index in [0.717, 1.165) is 0 Å². The first-order chi connectivity index (χ1) is 7.99. The zero-order chi connectivity index (χ0) is 12.8. The number of amides is 1. The highest BCUT2D eigenvalue weighted by atomic mass is 16.6. The molecule has 0 aromatic heterocycles. The number of nitrogens with zero attached hydrogens (tertiary/aromatic N) is 2. The smallest absolute Gasteiger partial charge is 0.292 e. The van der Waals surface area contributed by atoms with Crippen LogP contribution < -0.4 is 5.32 Å². The van der Waals surface area contributed by atoms with Gasteiger partial charge in [-0.15, -0.1) is 0 Å². The molecule has 0 spiro atoms. The van der Waals surface area contributed by atoms with Crippen LogP contribution in [0.4, 0.5) is 5.69 Å². The molecule has 0 saturated heterocycles. The van der Waals surface area contributed by atoms with Gasteiger partial charge in [0.25, 0.3) is 18.1 Å². The summed E-state index contributed by atoms with van der Waals surface area (Å²) < 4.78 is 0. The van der Waals surface area contributed by atoms with Crippen LogP contribution in [0.2, 0.25) is 0 Å². The van der Waals surface area contributed by atoms with Gasteiger partial charge in [-0.2, -0.15) is 0 Å². The fourth-order valence-corrected chi connectivity index (χ4v) is 1.15. The van der Waals surface area contributed by atoms with Crippen molar-refractivity contribution >= 4 is 11.6 Å². The number of non-ortho nitro benzene ring substituents is 1. The number of benzene rings is 1. The first-order valence-electron chi connectivity index (χ1n) is 4.61. The third-order valence-electron chi connectivity index (χ3n) is 1.88. The van der Waals surface area contributed by atoms with Gasteiger partial charge in [-0.05, 0) is 5.56 Å². The average molecular weight is 239 g/mol. The van der Waals surface area contributed by atoms with Gasteiger partial charge in [-0.3, -0.25) is 25.0 Å². The molecule has 17 heavy (non-hydrogen) atoms. The quantitative estimate of drug-likeness (QED) is 0.592. The van der Waals surface area contributed by atoms with Gasteiger partial charge in [-0.25, -0.2) is 0 Å². The molecule has 90 valence electrons. The van der Waals surface area contributed by atoms with Crippen molar-refractivity contribution in [3.8, 4) is 0 Å². The van der Waals surface area contributed by atoms with E-state index in [9.17, 15) is 25.0 Å². The highest BCUT2D eigenvalue weighted by Crippen LogP contribution is 2.12. The predicted octanol–water partition coefficient (Wildman–Crippen LogP) is 0.488. The fraction of sp³-hybridized carbons (Fsp3) is 0.222. The summed E-state index contributed by atoms with van der Waals surface area (Å²) in [5.74, 6) is -0.735. The Balaban J connectivity index is 2.57. The second-order valence-electron chi connectivity index (χ2n) is 3.19. The van der Waals surface area contributed by atoms with Gasteiger partial charge in [0.05, 0.1) is 4.92 Å². The molecule has 0 fully saturated rings. The maximum Gasteiger partial charge on any atom is 0.292 e. The van der Waals surface area contributed by atoms with E-state index in [1.54, 1.807) is 6.07 Å². The van der Waals surface area contributed by atoms with Crippen LogP contribution in [0.15, 0.2) is 24.3 Å². The molecule has 0 aliphatic rings. The molecule has 8 heteroatoms. The summed E-state index contributed by atoms with van der Waals surface area (Å²) in [6.07, 6.45) is 0. The SMILES string of the molecule is O=C(C[N+](=O)[O-])NCc1cccc([N+](=O)[O-])c1. The van der Waals surface area contributed by atoms with Crippen molar-refractivity contribution < 1.29 is 14.6 Å². The summed E-state index contributed by atoms with van der Waals surface area (Å²) in [4.78, 5) is 30.1. The minimum atomic E-state index is -0.811. The fourth-order valence-electron chi connectivity index (χ4n) is 1.15. The Morgan fingerprint density at radius 3 is 2.59 bits per heavy atom. The Morgan fingerprint density at radius 1 is 1.29 bits per heavy atom. The van der Waals surface area contributed by atoms with E-state index in [4.69, 9.17) is 0 Å². The Kier molecular flexibility index (Phi) is 4.09. The summed E-state index contributed by atoms with van der Waals surface area (Å²) >= 11 is 0. The number of hydrogen-bond donors (Lipinski definition) is 1. The van der Waals surface area contributed by atoms with Crippen molar-refractivity contribution in [3.63, 3.8) is 0 Å². The summed E-state index contributed by atoms with van der Waals surface area (Å²) in [6.45, 7) is -0.788. The highest BCUT2D eigenvalue weighted by Gasteiger charge is 2.10. The third kappa shape index (κ3) is 4.24. The zero-order valence-corrected chi connectivity index (χ0v) is 8.66. The third-order valence-corrected chi connectivity index (χ3v) is 1.88. The van der Waals surface area contributed by atoms with Crippen molar-refractivity contribution in [2.24, 2.45) is 0 Å². The largest absolute Gasteiger partial charge is 0.346 e. The lowest BCUT2D eigenvalue weighted by atomic mass is 10.2. The molecular weight excluding hydrogens is 230 g/mol. The number of carbonyl (C=O) groups excluding carboxylic acids is 1. The number of rotatable bonds is 5. The monoisotopic (exact) mass is 239 g/mol. The Bertz CT molecular complexity index is 460. The molecule has 0 unspecified atom stereocenters. The number of nitro groups is 2. The van der Waals surface area contributed by atoms with Crippen molar-refractivity contribution in [2.45, 2.75) is 6.54 Å². The Labute approximate surface area is 95.5 Å². The van der Waals surface area contributed by atoms with Crippen molar-refractivity contribution in [1.82, 2.24) is 5.32 Å².